The maximum Gasteiger partial charge on any atom is 0.140 e. The molecule has 0 aliphatic heterocycles. The molecule has 0 unspecified atom stereocenters. The lowest BCUT2D eigenvalue weighted by molar-refractivity contribution is 0.154. The summed E-state index contributed by atoms with van der Waals surface area (Å²) in [6.45, 7) is 0. The van der Waals surface area contributed by atoms with Crippen LogP contribution in [0, 0.1) is 0 Å². The van der Waals surface area contributed by atoms with Gasteiger partial charge in [0.15, 0.2) is 0 Å². The summed E-state index contributed by atoms with van der Waals surface area (Å²) in [7, 11) is 0. The first-order valence-corrected chi connectivity index (χ1v) is 5.22. The van der Waals surface area contributed by atoms with Crippen LogP contribution >= 0.6 is 0 Å². The quantitative estimate of drug-likeness (QED) is 0.782. The summed E-state index contributed by atoms with van der Waals surface area (Å²) in [6.07, 6.45) is 9.95. The number of hydrogen-bond acceptors (Lipinski definition) is 3. The van der Waals surface area contributed by atoms with E-state index in [4.69, 9.17) is 10.5 Å². The molecule has 1 aromatic heterocycles. The average Bonchev–Trinajstić information content (AvgIpc) is 2.19. The number of nitrogens with two attached hydrogens (primary N) is 1. The third-order valence-corrected chi connectivity index (χ3v) is 2.59. The Labute approximate surface area is 84.3 Å². The van der Waals surface area contributed by atoms with Crippen LogP contribution in [0.4, 0.5) is 5.69 Å². The number of hydrogen-bond donors (Lipinski definition) is 1. The molecule has 0 atom stereocenters. The first-order valence-electron chi connectivity index (χ1n) is 5.22. The molecular weight excluding hydrogens is 176 g/mol. The highest BCUT2D eigenvalue weighted by molar-refractivity contribution is 5.39. The van der Waals surface area contributed by atoms with Crippen molar-refractivity contribution in [2.45, 2.75) is 38.2 Å². The SMILES string of the molecule is Nc1cncc(OC2CCCCC2)c1. The molecule has 76 valence electrons. The van der Waals surface area contributed by atoms with Gasteiger partial charge in [-0.15, -0.1) is 0 Å². The van der Waals surface area contributed by atoms with Gasteiger partial charge in [-0.1, -0.05) is 6.42 Å². The van der Waals surface area contributed by atoms with Crippen molar-refractivity contribution in [3.63, 3.8) is 0 Å². The van der Waals surface area contributed by atoms with Gasteiger partial charge < -0.3 is 10.5 Å². The molecule has 1 heterocycles. The van der Waals surface area contributed by atoms with E-state index in [1.54, 1.807) is 12.4 Å². The fraction of sp³-hybridized carbons (Fsp3) is 0.545. The summed E-state index contributed by atoms with van der Waals surface area (Å²) in [5.74, 6) is 0.803. The molecule has 3 nitrogen and oxygen atoms in total. The number of pyridine rings is 1. The molecule has 1 aliphatic carbocycles. The minimum atomic E-state index is 0.368. The Bertz CT molecular complexity index is 295. The Morgan fingerprint density at radius 2 is 2.00 bits per heavy atom. The van der Waals surface area contributed by atoms with Crippen LogP contribution in [0.15, 0.2) is 18.5 Å². The Morgan fingerprint density at radius 3 is 2.71 bits per heavy atom. The minimum Gasteiger partial charge on any atom is -0.489 e. The summed E-state index contributed by atoms with van der Waals surface area (Å²) in [4.78, 5) is 4.00. The van der Waals surface area contributed by atoms with Gasteiger partial charge in [-0.05, 0) is 25.7 Å². The van der Waals surface area contributed by atoms with Crippen molar-refractivity contribution in [3.8, 4) is 5.75 Å². The largest absolute Gasteiger partial charge is 0.489 e. The first-order chi connectivity index (χ1) is 6.84. The number of rotatable bonds is 2. The van der Waals surface area contributed by atoms with Crippen molar-refractivity contribution in [2.24, 2.45) is 0 Å². The molecule has 0 bridgehead atoms. The molecule has 14 heavy (non-hydrogen) atoms. The second-order valence-corrected chi connectivity index (χ2v) is 3.83. The van der Waals surface area contributed by atoms with Crippen LogP contribution in [-0.4, -0.2) is 11.1 Å². The van der Waals surface area contributed by atoms with E-state index in [1.807, 2.05) is 6.07 Å². The van der Waals surface area contributed by atoms with Crippen LogP contribution in [0.5, 0.6) is 5.75 Å². The van der Waals surface area contributed by atoms with Gasteiger partial charge in [-0.3, -0.25) is 4.98 Å². The minimum absolute atomic E-state index is 0.368. The molecule has 0 spiro atoms. The van der Waals surface area contributed by atoms with Gasteiger partial charge in [0.2, 0.25) is 0 Å². The van der Waals surface area contributed by atoms with Crippen LogP contribution in [0.25, 0.3) is 0 Å². The summed E-state index contributed by atoms with van der Waals surface area (Å²) in [5.41, 5.74) is 6.29. The van der Waals surface area contributed by atoms with Crippen LogP contribution in [-0.2, 0) is 0 Å². The van der Waals surface area contributed by atoms with E-state index in [0.29, 0.717) is 11.8 Å². The Kier molecular flexibility index (Phi) is 2.87. The van der Waals surface area contributed by atoms with E-state index in [2.05, 4.69) is 4.98 Å². The van der Waals surface area contributed by atoms with Gasteiger partial charge in [0, 0.05) is 6.07 Å². The topological polar surface area (TPSA) is 48.1 Å². The highest BCUT2D eigenvalue weighted by Gasteiger charge is 2.14. The maximum absolute atomic E-state index is 5.79. The van der Waals surface area contributed by atoms with E-state index < -0.39 is 0 Å². The zero-order chi connectivity index (χ0) is 9.80. The lowest BCUT2D eigenvalue weighted by Crippen LogP contribution is -2.19. The number of nitrogen functional groups attached to an aromatic ring is 1. The smallest absolute Gasteiger partial charge is 0.140 e. The summed E-state index contributed by atoms with van der Waals surface area (Å²) in [5, 5.41) is 0. The fourth-order valence-electron chi connectivity index (χ4n) is 1.88. The Morgan fingerprint density at radius 1 is 1.21 bits per heavy atom. The van der Waals surface area contributed by atoms with E-state index in [0.717, 1.165) is 18.6 Å². The second-order valence-electron chi connectivity index (χ2n) is 3.83. The maximum atomic E-state index is 5.79. The first kappa shape index (κ1) is 9.31. The van der Waals surface area contributed by atoms with Gasteiger partial charge in [0.25, 0.3) is 0 Å². The highest BCUT2D eigenvalue weighted by atomic mass is 16.5. The molecule has 0 radical (unpaired) electrons. The van der Waals surface area contributed by atoms with Gasteiger partial charge in [0.1, 0.15) is 5.75 Å². The molecule has 1 aromatic rings. The normalized spacial score (nSPS) is 18.0. The standard InChI is InChI=1S/C11H16N2O/c12-9-6-11(8-13-7-9)14-10-4-2-1-3-5-10/h6-8,10H,1-5,12H2. The summed E-state index contributed by atoms with van der Waals surface area (Å²) >= 11 is 0. The van der Waals surface area contributed by atoms with Crippen molar-refractivity contribution in [1.82, 2.24) is 4.98 Å². The molecule has 1 fully saturated rings. The van der Waals surface area contributed by atoms with Crippen molar-refractivity contribution in [2.75, 3.05) is 5.73 Å². The van der Waals surface area contributed by atoms with Crippen molar-refractivity contribution < 1.29 is 4.74 Å². The molecule has 1 saturated carbocycles. The summed E-state index contributed by atoms with van der Waals surface area (Å²) < 4.78 is 5.79. The summed E-state index contributed by atoms with van der Waals surface area (Å²) in [6, 6.07) is 1.83. The monoisotopic (exact) mass is 192 g/mol. The second kappa shape index (κ2) is 4.31. The fourth-order valence-corrected chi connectivity index (χ4v) is 1.88. The zero-order valence-electron chi connectivity index (χ0n) is 8.28. The number of nitrogens with zero attached hydrogens (tertiary/aromatic N) is 1. The molecule has 0 aromatic carbocycles. The Balaban J connectivity index is 1.95. The highest BCUT2D eigenvalue weighted by Crippen LogP contribution is 2.23. The van der Waals surface area contributed by atoms with Crippen LogP contribution < -0.4 is 10.5 Å². The molecular formula is C11H16N2O. The lowest BCUT2D eigenvalue weighted by atomic mass is 9.98. The van der Waals surface area contributed by atoms with E-state index >= 15 is 0 Å². The van der Waals surface area contributed by atoms with Gasteiger partial charge in [-0.25, -0.2) is 0 Å². The lowest BCUT2D eigenvalue weighted by Gasteiger charge is -2.22. The average molecular weight is 192 g/mol. The molecule has 2 N–H and O–H groups in total. The van der Waals surface area contributed by atoms with Crippen molar-refractivity contribution >= 4 is 5.69 Å². The third-order valence-electron chi connectivity index (χ3n) is 2.59. The van der Waals surface area contributed by atoms with Crippen LogP contribution in [0.2, 0.25) is 0 Å². The number of anilines is 1. The molecule has 0 amide bonds. The van der Waals surface area contributed by atoms with Crippen LogP contribution in [0.1, 0.15) is 32.1 Å². The third kappa shape index (κ3) is 2.37. The van der Waals surface area contributed by atoms with E-state index in [1.165, 1.54) is 19.3 Å². The van der Waals surface area contributed by atoms with Crippen LogP contribution in [0.3, 0.4) is 0 Å². The molecule has 1 aliphatic rings. The molecule has 3 heteroatoms. The number of ether oxygens (including phenoxy) is 1. The van der Waals surface area contributed by atoms with Gasteiger partial charge in [-0.2, -0.15) is 0 Å². The predicted octanol–water partition coefficient (Wildman–Crippen LogP) is 2.38. The number of aromatic nitrogens is 1. The predicted molar refractivity (Wildman–Crippen MR) is 56.2 cm³/mol. The van der Waals surface area contributed by atoms with E-state index in [-0.39, 0.29) is 0 Å². The zero-order valence-corrected chi connectivity index (χ0v) is 8.28. The van der Waals surface area contributed by atoms with Crippen molar-refractivity contribution in [3.05, 3.63) is 18.5 Å². The van der Waals surface area contributed by atoms with E-state index in [9.17, 15) is 0 Å². The Hall–Kier alpha value is -1.25. The molecule has 0 saturated heterocycles. The molecule has 2 rings (SSSR count). The van der Waals surface area contributed by atoms with Gasteiger partial charge >= 0.3 is 0 Å². The van der Waals surface area contributed by atoms with Crippen molar-refractivity contribution in [1.29, 1.82) is 0 Å². The van der Waals surface area contributed by atoms with Gasteiger partial charge in [0.05, 0.1) is 24.2 Å².